The van der Waals surface area contributed by atoms with Crippen LogP contribution >= 0.6 is 34.8 Å². The Hall–Kier alpha value is 0.0400. The first-order valence-electron chi connectivity index (χ1n) is 10.1. The highest BCUT2D eigenvalue weighted by Gasteiger charge is 2.61. The molecule has 150 valence electrons. The van der Waals surface area contributed by atoms with Crippen LogP contribution in [-0.2, 0) is 9.53 Å². The molecule has 0 spiro atoms. The van der Waals surface area contributed by atoms with Crippen molar-refractivity contribution in [2.75, 3.05) is 6.54 Å². The Labute approximate surface area is 173 Å². The van der Waals surface area contributed by atoms with Gasteiger partial charge in [0.2, 0.25) is 10.0 Å². The minimum Gasteiger partial charge on any atom is -0.440 e. The van der Waals surface area contributed by atoms with Crippen LogP contribution in [0.4, 0.5) is 0 Å². The van der Waals surface area contributed by atoms with E-state index in [4.69, 9.17) is 39.5 Å². The fraction of sp³-hybridized carbons (Fsp3) is 0.850. The number of ether oxygens (including phenoxy) is 1. The SMILES string of the molecule is CCCCCCCCCC/C=C/C[C@@]12CCCN1[C@@H](C(Cl)(Cl)Cl)OC2=O. The first-order chi connectivity index (χ1) is 12.4. The number of cyclic esters (lactones) is 1. The van der Waals surface area contributed by atoms with E-state index in [2.05, 4.69) is 19.1 Å². The van der Waals surface area contributed by atoms with Gasteiger partial charge in [-0.2, -0.15) is 0 Å². The number of halogens is 3. The summed E-state index contributed by atoms with van der Waals surface area (Å²) < 4.78 is 3.80. The number of allylic oxidation sites excluding steroid dienone is 1. The van der Waals surface area contributed by atoms with Gasteiger partial charge in [-0.15, -0.1) is 0 Å². The largest absolute Gasteiger partial charge is 0.440 e. The highest BCUT2D eigenvalue weighted by Crippen LogP contribution is 2.48. The summed E-state index contributed by atoms with van der Waals surface area (Å²) in [5.74, 6) is -0.247. The van der Waals surface area contributed by atoms with Crippen molar-refractivity contribution in [3.05, 3.63) is 12.2 Å². The number of esters is 1. The predicted octanol–water partition coefficient (Wildman–Crippen LogP) is 6.55. The summed E-state index contributed by atoms with van der Waals surface area (Å²) in [6.45, 7) is 2.98. The molecule has 0 bridgehead atoms. The monoisotopic (exact) mass is 423 g/mol. The number of hydrogen-bond donors (Lipinski definition) is 0. The number of carbonyl (C=O) groups is 1. The van der Waals surface area contributed by atoms with Crippen LogP contribution in [0.5, 0.6) is 0 Å². The van der Waals surface area contributed by atoms with E-state index in [1.54, 1.807) is 0 Å². The van der Waals surface area contributed by atoms with Crippen molar-refractivity contribution < 1.29 is 9.53 Å². The third-order valence-corrected chi connectivity index (χ3v) is 6.11. The van der Waals surface area contributed by atoms with Gasteiger partial charge in [0.1, 0.15) is 5.54 Å². The van der Waals surface area contributed by atoms with E-state index in [1.165, 1.54) is 51.4 Å². The molecular formula is C20H32Cl3NO2. The molecule has 0 aliphatic carbocycles. The molecule has 2 fully saturated rings. The molecule has 2 aliphatic heterocycles. The van der Waals surface area contributed by atoms with Crippen molar-refractivity contribution in [1.29, 1.82) is 0 Å². The van der Waals surface area contributed by atoms with Gasteiger partial charge in [-0.3, -0.25) is 0 Å². The highest BCUT2D eigenvalue weighted by atomic mass is 35.6. The van der Waals surface area contributed by atoms with Crippen LogP contribution in [0.1, 0.15) is 84.0 Å². The van der Waals surface area contributed by atoms with Crippen LogP contribution in [0.25, 0.3) is 0 Å². The summed E-state index contributed by atoms with van der Waals surface area (Å²) in [5, 5.41) is 0. The molecule has 26 heavy (non-hydrogen) atoms. The van der Waals surface area contributed by atoms with Crippen LogP contribution in [0.15, 0.2) is 12.2 Å². The molecule has 0 radical (unpaired) electrons. The number of fused-ring (bicyclic) bond motifs is 1. The molecular weight excluding hydrogens is 393 g/mol. The summed E-state index contributed by atoms with van der Waals surface area (Å²) in [6, 6.07) is 0. The summed E-state index contributed by atoms with van der Waals surface area (Å²) in [5.41, 5.74) is -0.635. The first-order valence-corrected chi connectivity index (χ1v) is 11.2. The van der Waals surface area contributed by atoms with Crippen molar-refractivity contribution in [3.8, 4) is 0 Å². The fourth-order valence-electron chi connectivity index (χ4n) is 4.07. The van der Waals surface area contributed by atoms with E-state index in [0.29, 0.717) is 6.42 Å². The second-order valence-corrected chi connectivity index (χ2v) is 9.94. The molecule has 0 N–H and O–H groups in total. The van der Waals surface area contributed by atoms with E-state index in [-0.39, 0.29) is 5.97 Å². The Bertz CT molecular complexity index is 478. The third kappa shape index (κ3) is 5.77. The van der Waals surface area contributed by atoms with Crippen LogP contribution in [0.2, 0.25) is 0 Å². The van der Waals surface area contributed by atoms with Crippen LogP contribution in [-0.4, -0.2) is 33.0 Å². The maximum atomic E-state index is 12.5. The number of rotatable bonds is 11. The lowest BCUT2D eigenvalue weighted by molar-refractivity contribution is -0.145. The number of carbonyl (C=O) groups excluding carboxylic acids is 1. The van der Waals surface area contributed by atoms with E-state index >= 15 is 0 Å². The lowest BCUT2D eigenvalue weighted by Crippen LogP contribution is -2.48. The molecule has 6 heteroatoms. The molecule has 0 aromatic rings. The molecule has 2 aliphatic rings. The summed E-state index contributed by atoms with van der Waals surface area (Å²) in [7, 11) is 0. The minimum absolute atomic E-state index is 0.247. The van der Waals surface area contributed by atoms with Crippen molar-refractivity contribution in [1.82, 2.24) is 4.90 Å². The van der Waals surface area contributed by atoms with Gasteiger partial charge < -0.3 is 4.74 Å². The molecule has 2 rings (SSSR count). The minimum atomic E-state index is -1.61. The Morgan fingerprint density at radius 2 is 1.77 bits per heavy atom. The topological polar surface area (TPSA) is 29.5 Å². The van der Waals surface area contributed by atoms with Crippen LogP contribution in [0.3, 0.4) is 0 Å². The second kappa shape index (κ2) is 10.5. The predicted molar refractivity (Wildman–Crippen MR) is 110 cm³/mol. The molecule has 2 heterocycles. The molecule has 0 aromatic carbocycles. The van der Waals surface area contributed by atoms with Gasteiger partial charge >= 0.3 is 5.97 Å². The number of unbranched alkanes of at least 4 members (excludes halogenated alkanes) is 8. The van der Waals surface area contributed by atoms with Gasteiger partial charge in [0.25, 0.3) is 0 Å². The van der Waals surface area contributed by atoms with E-state index < -0.39 is 15.6 Å². The average molecular weight is 425 g/mol. The Morgan fingerprint density at radius 1 is 1.12 bits per heavy atom. The van der Waals surface area contributed by atoms with E-state index in [1.807, 2.05) is 4.90 Å². The summed E-state index contributed by atoms with van der Waals surface area (Å²) in [4.78, 5) is 14.4. The van der Waals surface area contributed by atoms with Gasteiger partial charge in [-0.05, 0) is 32.1 Å². The Balaban J connectivity index is 1.69. The molecule has 2 saturated heterocycles. The lowest BCUT2D eigenvalue weighted by Gasteiger charge is -2.31. The third-order valence-electron chi connectivity index (χ3n) is 5.55. The van der Waals surface area contributed by atoms with Gasteiger partial charge in [0.15, 0.2) is 0 Å². The van der Waals surface area contributed by atoms with Crippen molar-refractivity contribution in [2.24, 2.45) is 0 Å². The van der Waals surface area contributed by atoms with E-state index in [9.17, 15) is 4.79 Å². The zero-order chi connectivity index (χ0) is 19.0. The molecule has 0 unspecified atom stereocenters. The first kappa shape index (κ1) is 22.3. The summed E-state index contributed by atoms with van der Waals surface area (Å²) in [6.07, 6.45) is 17.5. The molecule has 3 nitrogen and oxygen atoms in total. The normalized spacial score (nSPS) is 26.6. The van der Waals surface area contributed by atoms with E-state index in [0.717, 1.165) is 25.8 Å². The maximum absolute atomic E-state index is 12.5. The van der Waals surface area contributed by atoms with Crippen LogP contribution in [0, 0.1) is 0 Å². The van der Waals surface area contributed by atoms with Crippen molar-refractivity contribution >= 4 is 40.8 Å². The standard InChI is InChI=1S/C20H32Cl3NO2/c1-2-3-4-5-6-7-8-9-10-11-12-14-19-15-13-16-24(19)17(20(21,22)23)26-18(19)25/h11-12,17H,2-10,13-16H2,1H3/b12-11+/t17-,19+/m1/s1. The van der Waals surface area contributed by atoms with Crippen molar-refractivity contribution in [2.45, 2.75) is 99.5 Å². The van der Waals surface area contributed by atoms with Gasteiger partial charge in [-0.1, -0.05) is 98.8 Å². The lowest BCUT2D eigenvalue weighted by atomic mass is 9.92. The maximum Gasteiger partial charge on any atom is 0.328 e. The Kier molecular flexibility index (Phi) is 9.06. The Morgan fingerprint density at radius 3 is 2.42 bits per heavy atom. The van der Waals surface area contributed by atoms with Gasteiger partial charge in [0, 0.05) is 6.54 Å². The highest BCUT2D eigenvalue weighted by molar-refractivity contribution is 6.68. The molecule has 0 aromatic heterocycles. The zero-order valence-corrected chi connectivity index (χ0v) is 18.1. The molecule has 0 saturated carbocycles. The molecule has 0 amide bonds. The average Bonchev–Trinajstić information content (AvgIpc) is 3.11. The van der Waals surface area contributed by atoms with Crippen molar-refractivity contribution in [3.63, 3.8) is 0 Å². The summed E-state index contributed by atoms with van der Waals surface area (Å²) >= 11 is 18.0. The number of hydrogen-bond acceptors (Lipinski definition) is 3. The zero-order valence-electron chi connectivity index (χ0n) is 15.8. The quantitative estimate of drug-likeness (QED) is 0.163. The van der Waals surface area contributed by atoms with Gasteiger partial charge in [0.05, 0.1) is 0 Å². The number of alkyl halides is 3. The molecule has 2 atom stereocenters. The smallest absolute Gasteiger partial charge is 0.328 e. The second-order valence-electron chi connectivity index (χ2n) is 7.57. The number of nitrogens with zero attached hydrogens (tertiary/aromatic N) is 1. The van der Waals surface area contributed by atoms with Gasteiger partial charge in [-0.25, -0.2) is 9.69 Å². The fourth-order valence-corrected chi connectivity index (χ4v) is 4.56. The van der Waals surface area contributed by atoms with Crippen LogP contribution < -0.4 is 0 Å².